The molecule has 0 N–H and O–H groups in total. The van der Waals surface area contributed by atoms with Gasteiger partial charge in [-0.3, -0.25) is 0 Å². The minimum absolute atomic E-state index is 0.733. The van der Waals surface area contributed by atoms with Gasteiger partial charge >= 0.3 is 0 Å². The number of halogens is 2. The monoisotopic (exact) mass is 266 g/mol. The third-order valence-corrected chi connectivity index (χ3v) is 3.88. The van der Waals surface area contributed by atoms with Crippen molar-refractivity contribution >= 4 is 53.0 Å². The fourth-order valence-electron chi connectivity index (χ4n) is 0.631. The fraction of sp³-hybridized carbons (Fsp3) is 0. The summed E-state index contributed by atoms with van der Waals surface area (Å²) in [6, 6.07) is 7.46. The van der Waals surface area contributed by atoms with Crippen LogP contribution >= 0.6 is 48.8 Å². The smallest absolute Gasteiger partial charge is 0.0843 e. The molecule has 4 heteroatoms. The first-order valence-electron chi connectivity index (χ1n) is 2.82. The Kier molecular flexibility index (Phi) is 3.85. The van der Waals surface area contributed by atoms with Crippen LogP contribution < -0.4 is 0 Å². The molecular weight excluding hydrogens is 264 g/mol. The van der Waals surface area contributed by atoms with Crippen molar-refractivity contribution < 1.29 is 0 Å². The van der Waals surface area contributed by atoms with E-state index in [1.165, 1.54) is 10.2 Å². The molecule has 0 saturated heterocycles. The minimum atomic E-state index is 0.733. The Bertz CT molecular complexity index is 258. The van der Waals surface area contributed by atoms with E-state index in [-0.39, 0.29) is 0 Å². The molecule has 0 aromatic heterocycles. The second-order valence-corrected chi connectivity index (χ2v) is 4.51. The number of hydrogen-bond donors (Lipinski definition) is 0. The van der Waals surface area contributed by atoms with Crippen LogP contribution in [0.15, 0.2) is 24.3 Å². The highest BCUT2D eigenvalue weighted by Gasteiger charge is 1.98. The maximum Gasteiger partial charge on any atom is 0.0890 e. The predicted molar refractivity (Wildman–Crippen MR) is 59.7 cm³/mol. The second kappa shape index (κ2) is 4.45. The predicted octanol–water partition coefficient (Wildman–Crippen LogP) is 4.06. The summed E-state index contributed by atoms with van der Waals surface area (Å²) in [5, 5.41) is 0.733. The summed E-state index contributed by atoms with van der Waals surface area (Å²) in [6.07, 6.45) is 0. The number of thiocarbonyl (C=S) groups is 1. The second-order valence-electron chi connectivity index (χ2n) is 1.87. The normalized spacial score (nSPS) is 9.64. The van der Waals surface area contributed by atoms with E-state index in [9.17, 15) is 0 Å². The van der Waals surface area contributed by atoms with Crippen molar-refractivity contribution in [2.24, 2.45) is 0 Å². The van der Waals surface area contributed by atoms with Gasteiger partial charge in [0.05, 0.1) is 4.20 Å². The van der Waals surface area contributed by atoms with Crippen molar-refractivity contribution in [1.29, 1.82) is 0 Å². The highest BCUT2D eigenvalue weighted by Crippen LogP contribution is 2.20. The van der Waals surface area contributed by atoms with Crippen LogP contribution in [0.4, 0.5) is 0 Å². The van der Waals surface area contributed by atoms with Crippen LogP contribution in [0.25, 0.3) is 0 Å². The molecule has 1 aromatic rings. The molecule has 0 unspecified atom stereocenters. The summed E-state index contributed by atoms with van der Waals surface area (Å²) in [6.45, 7) is 0. The standard InChI is InChI=1S/C7H4BrClS2/c8-11-7(10)5-1-3-6(9)4-2-5/h1-4H. The van der Waals surface area contributed by atoms with Gasteiger partial charge in [-0.25, -0.2) is 0 Å². The Labute approximate surface area is 87.5 Å². The molecule has 0 heterocycles. The van der Waals surface area contributed by atoms with E-state index in [4.69, 9.17) is 23.8 Å². The van der Waals surface area contributed by atoms with Crippen molar-refractivity contribution in [3.8, 4) is 0 Å². The lowest BCUT2D eigenvalue weighted by Crippen LogP contribution is -1.86. The van der Waals surface area contributed by atoms with Crippen LogP contribution in [-0.4, -0.2) is 4.20 Å². The van der Waals surface area contributed by atoms with Crippen molar-refractivity contribution in [2.45, 2.75) is 0 Å². The number of rotatable bonds is 1. The molecule has 58 valence electrons. The summed E-state index contributed by atoms with van der Waals surface area (Å²) in [7, 11) is 1.38. The highest BCUT2D eigenvalue weighted by atomic mass is 79.9. The van der Waals surface area contributed by atoms with E-state index in [1.807, 2.05) is 24.3 Å². The van der Waals surface area contributed by atoms with Gasteiger partial charge in [0.2, 0.25) is 0 Å². The molecule has 0 aliphatic carbocycles. The molecule has 0 amide bonds. The van der Waals surface area contributed by atoms with E-state index in [2.05, 4.69) is 14.8 Å². The summed E-state index contributed by atoms with van der Waals surface area (Å²) in [5.74, 6) is 0. The third kappa shape index (κ3) is 2.75. The van der Waals surface area contributed by atoms with Gasteiger partial charge in [0.25, 0.3) is 0 Å². The highest BCUT2D eigenvalue weighted by molar-refractivity contribution is 9.52. The lowest BCUT2D eigenvalue weighted by atomic mass is 10.2. The van der Waals surface area contributed by atoms with Crippen molar-refractivity contribution in [3.63, 3.8) is 0 Å². The van der Waals surface area contributed by atoms with Gasteiger partial charge in [-0.2, -0.15) is 0 Å². The average Bonchev–Trinajstić information content (AvgIpc) is 2.05. The number of hydrogen-bond acceptors (Lipinski definition) is 2. The fourth-order valence-corrected chi connectivity index (χ4v) is 1.68. The van der Waals surface area contributed by atoms with Crippen LogP contribution in [0.1, 0.15) is 5.56 Å². The van der Waals surface area contributed by atoms with Gasteiger partial charge in [0.1, 0.15) is 0 Å². The van der Waals surface area contributed by atoms with Crippen LogP contribution in [0, 0.1) is 0 Å². The van der Waals surface area contributed by atoms with Crippen LogP contribution in [-0.2, 0) is 0 Å². The zero-order valence-electron chi connectivity index (χ0n) is 5.38. The maximum absolute atomic E-state index is 5.70. The SMILES string of the molecule is S=C(SBr)c1ccc(Cl)cc1. The first-order valence-corrected chi connectivity index (χ1v) is 6.27. The van der Waals surface area contributed by atoms with Crippen LogP contribution in [0.3, 0.4) is 0 Å². The van der Waals surface area contributed by atoms with Gasteiger partial charge in [0, 0.05) is 5.02 Å². The molecule has 0 spiro atoms. The van der Waals surface area contributed by atoms with Crippen molar-refractivity contribution in [3.05, 3.63) is 34.9 Å². The van der Waals surface area contributed by atoms with Gasteiger partial charge < -0.3 is 0 Å². The van der Waals surface area contributed by atoms with E-state index >= 15 is 0 Å². The van der Waals surface area contributed by atoms with Gasteiger partial charge in [-0.1, -0.05) is 36.0 Å². The first kappa shape index (κ1) is 9.52. The quantitative estimate of drug-likeness (QED) is 0.704. The Balaban J connectivity index is 2.90. The molecule has 11 heavy (non-hydrogen) atoms. The molecule has 0 nitrogen and oxygen atoms in total. The average molecular weight is 268 g/mol. The van der Waals surface area contributed by atoms with E-state index in [0.717, 1.165) is 14.8 Å². The lowest BCUT2D eigenvalue weighted by Gasteiger charge is -1.97. The van der Waals surface area contributed by atoms with Gasteiger partial charge in [-0.05, 0) is 42.7 Å². The van der Waals surface area contributed by atoms with E-state index in [0.29, 0.717) is 0 Å². The molecule has 0 fully saturated rings. The molecule has 1 rings (SSSR count). The molecule has 1 aromatic carbocycles. The first-order chi connectivity index (χ1) is 5.24. The maximum atomic E-state index is 5.70. The molecule has 0 atom stereocenters. The zero-order chi connectivity index (χ0) is 8.27. The van der Waals surface area contributed by atoms with Crippen molar-refractivity contribution in [1.82, 2.24) is 0 Å². The summed E-state index contributed by atoms with van der Waals surface area (Å²) in [5.41, 5.74) is 1.02. The lowest BCUT2D eigenvalue weighted by molar-refractivity contribution is 1.68. The van der Waals surface area contributed by atoms with Gasteiger partial charge in [-0.15, -0.1) is 0 Å². The van der Waals surface area contributed by atoms with E-state index < -0.39 is 0 Å². The van der Waals surface area contributed by atoms with Crippen molar-refractivity contribution in [2.75, 3.05) is 0 Å². The minimum Gasteiger partial charge on any atom is -0.0843 e. The largest absolute Gasteiger partial charge is 0.0890 e. The Morgan fingerprint density at radius 2 is 1.91 bits per heavy atom. The van der Waals surface area contributed by atoms with E-state index in [1.54, 1.807) is 0 Å². The molecule has 0 aliphatic rings. The summed E-state index contributed by atoms with van der Waals surface area (Å²) < 4.78 is 0.821. The molecule has 0 bridgehead atoms. The molecular formula is C7H4BrClS2. The molecule has 0 radical (unpaired) electrons. The Hall–Kier alpha value is 0.430. The number of benzene rings is 1. The topological polar surface area (TPSA) is 0 Å². The summed E-state index contributed by atoms with van der Waals surface area (Å²) in [4.78, 5) is 0. The Morgan fingerprint density at radius 1 is 1.36 bits per heavy atom. The molecule has 0 saturated carbocycles. The zero-order valence-corrected chi connectivity index (χ0v) is 9.36. The third-order valence-electron chi connectivity index (χ3n) is 1.15. The van der Waals surface area contributed by atoms with Crippen LogP contribution in [0.2, 0.25) is 5.02 Å². The molecule has 0 aliphatic heterocycles. The van der Waals surface area contributed by atoms with Gasteiger partial charge in [0.15, 0.2) is 0 Å². The summed E-state index contributed by atoms with van der Waals surface area (Å²) >= 11 is 13.9. The van der Waals surface area contributed by atoms with Crippen LogP contribution in [0.5, 0.6) is 0 Å². The Morgan fingerprint density at radius 3 is 2.36 bits per heavy atom.